The van der Waals surface area contributed by atoms with Crippen LogP contribution in [0.25, 0.3) is 0 Å². The van der Waals surface area contributed by atoms with Gasteiger partial charge in [-0.25, -0.2) is 4.39 Å². The number of benzene rings is 1. The Hall–Kier alpha value is -2.28. The molecule has 6 nitrogen and oxygen atoms in total. The molecule has 2 aliphatic rings. The highest BCUT2D eigenvalue weighted by Gasteiger charge is 2.39. The minimum atomic E-state index is -0.680. The molecular formula is C16H18FN3O3. The number of fused-ring (bicyclic) bond motifs is 1. The van der Waals surface area contributed by atoms with Gasteiger partial charge in [0.25, 0.3) is 5.91 Å². The Morgan fingerprint density at radius 1 is 1.35 bits per heavy atom. The molecule has 1 saturated heterocycles. The lowest BCUT2D eigenvalue weighted by atomic mass is 10.0. The zero-order chi connectivity index (χ0) is 16.7. The molecule has 2 unspecified atom stereocenters. The maximum absolute atomic E-state index is 14.2. The number of rotatable bonds is 3. The third-order valence-electron chi connectivity index (χ3n) is 4.54. The standard InChI is InChI=1S/C16H18FN3O3/c1-8(18-2)10-6-11-9(5-12(10)17)7-20(16(11)23)13-3-4-14(21)19-15(13)22/h5-6,8,13,18H,3-4,7H2,1-2H3,(H,19,21,22). The highest BCUT2D eigenvalue weighted by molar-refractivity contribution is 6.05. The molecule has 1 aromatic carbocycles. The summed E-state index contributed by atoms with van der Waals surface area (Å²) in [7, 11) is 1.72. The van der Waals surface area contributed by atoms with E-state index in [0.29, 0.717) is 23.1 Å². The predicted octanol–water partition coefficient (Wildman–Crippen LogP) is 0.867. The molecule has 2 atom stereocenters. The number of hydrogen-bond acceptors (Lipinski definition) is 4. The van der Waals surface area contributed by atoms with E-state index in [1.807, 2.05) is 6.92 Å². The minimum absolute atomic E-state index is 0.186. The molecule has 0 spiro atoms. The van der Waals surface area contributed by atoms with Gasteiger partial charge in [-0.1, -0.05) is 0 Å². The number of carbonyl (C=O) groups is 3. The van der Waals surface area contributed by atoms with E-state index in [2.05, 4.69) is 10.6 Å². The molecule has 23 heavy (non-hydrogen) atoms. The van der Waals surface area contributed by atoms with Crippen molar-refractivity contribution < 1.29 is 18.8 Å². The monoisotopic (exact) mass is 319 g/mol. The van der Waals surface area contributed by atoms with E-state index in [1.54, 1.807) is 13.1 Å². The van der Waals surface area contributed by atoms with Gasteiger partial charge in [0, 0.05) is 30.1 Å². The van der Waals surface area contributed by atoms with E-state index in [9.17, 15) is 18.8 Å². The van der Waals surface area contributed by atoms with Gasteiger partial charge in [0.05, 0.1) is 0 Å². The van der Waals surface area contributed by atoms with Gasteiger partial charge in [-0.3, -0.25) is 19.7 Å². The lowest BCUT2D eigenvalue weighted by Crippen LogP contribution is -2.52. The van der Waals surface area contributed by atoms with Crippen LogP contribution in [0.2, 0.25) is 0 Å². The molecule has 0 radical (unpaired) electrons. The van der Waals surface area contributed by atoms with Crippen molar-refractivity contribution in [1.82, 2.24) is 15.5 Å². The molecule has 0 saturated carbocycles. The van der Waals surface area contributed by atoms with Crippen LogP contribution in [0.15, 0.2) is 12.1 Å². The average molecular weight is 319 g/mol. The molecule has 2 aliphatic heterocycles. The molecule has 122 valence electrons. The first-order valence-corrected chi connectivity index (χ1v) is 7.56. The summed E-state index contributed by atoms with van der Waals surface area (Å²) in [6.07, 6.45) is 0.500. The van der Waals surface area contributed by atoms with E-state index >= 15 is 0 Å². The Labute approximate surface area is 133 Å². The molecule has 7 heteroatoms. The quantitative estimate of drug-likeness (QED) is 0.810. The van der Waals surface area contributed by atoms with Gasteiger partial charge in [0.1, 0.15) is 11.9 Å². The number of hydrogen-bond donors (Lipinski definition) is 2. The maximum Gasteiger partial charge on any atom is 0.255 e. The number of piperidine rings is 1. The summed E-state index contributed by atoms with van der Waals surface area (Å²) in [4.78, 5) is 37.2. The van der Waals surface area contributed by atoms with Crippen LogP contribution in [-0.2, 0) is 16.1 Å². The van der Waals surface area contributed by atoms with Crippen molar-refractivity contribution in [2.24, 2.45) is 0 Å². The first-order chi connectivity index (χ1) is 10.9. The van der Waals surface area contributed by atoms with Crippen LogP contribution < -0.4 is 10.6 Å². The number of nitrogens with zero attached hydrogens (tertiary/aromatic N) is 1. The summed E-state index contributed by atoms with van der Waals surface area (Å²) in [5.74, 6) is -1.46. The summed E-state index contributed by atoms with van der Waals surface area (Å²) < 4.78 is 14.2. The predicted molar refractivity (Wildman–Crippen MR) is 79.9 cm³/mol. The molecule has 0 bridgehead atoms. The van der Waals surface area contributed by atoms with Gasteiger partial charge in [0.15, 0.2) is 0 Å². The van der Waals surface area contributed by atoms with Crippen molar-refractivity contribution in [2.45, 2.75) is 38.4 Å². The van der Waals surface area contributed by atoms with Crippen LogP contribution in [0.4, 0.5) is 4.39 Å². The van der Waals surface area contributed by atoms with Gasteiger partial charge in [-0.15, -0.1) is 0 Å². The van der Waals surface area contributed by atoms with Crippen LogP contribution in [0, 0.1) is 5.82 Å². The zero-order valence-electron chi connectivity index (χ0n) is 13.0. The van der Waals surface area contributed by atoms with Crippen LogP contribution in [0.5, 0.6) is 0 Å². The molecule has 2 heterocycles. The SMILES string of the molecule is CNC(C)c1cc2c(cc1F)CN(C1CCC(=O)NC1=O)C2=O. The van der Waals surface area contributed by atoms with Gasteiger partial charge in [-0.2, -0.15) is 0 Å². The van der Waals surface area contributed by atoms with Gasteiger partial charge >= 0.3 is 0 Å². The normalized spacial score (nSPS) is 22.1. The molecule has 0 aliphatic carbocycles. The molecule has 1 aromatic rings. The van der Waals surface area contributed by atoms with Crippen molar-refractivity contribution >= 4 is 17.7 Å². The molecule has 3 rings (SSSR count). The summed E-state index contributed by atoms with van der Waals surface area (Å²) >= 11 is 0. The van der Waals surface area contributed by atoms with Gasteiger partial charge < -0.3 is 10.2 Å². The summed E-state index contributed by atoms with van der Waals surface area (Å²) in [6, 6.07) is 2.01. The fraction of sp³-hybridized carbons (Fsp3) is 0.438. The second-order valence-corrected chi connectivity index (χ2v) is 5.94. The summed E-state index contributed by atoms with van der Waals surface area (Å²) in [5, 5.41) is 5.20. The van der Waals surface area contributed by atoms with E-state index in [1.165, 1.54) is 11.0 Å². The minimum Gasteiger partial charge on any atom is -0.322 e. The highest BCUT2D eigenvalue weighted by Crippen LogP contribution is 2.31. The van der Waals surface area contributed by atoms with Gasteiger partial charge in [-0.05, 0) is 38.1 Å². The highest BCUT2D eigenvalue weighted by atomic mass is 19.1. The topological polar surface area (TPSA) is 78.5 Å². The van der Waals surface area contributed by atoms with Crippen molar-refractivity contribution in [3.8, 4) is 0 Å². The average Bonchev–Trinajstić information content (AvgIpc) is 2.82. The Morgan fingerprint density at radius 2 is 2.09 bits per heavy atom. The Balaban J connectivity index is 1.90. The Morgan fingerprint density at radius 3 is 2.74 bits per heavy atom. The largest absolute Gasteiger partial charge is 0.322 e. The third-order valence-corrected chi connectivity index (χ3v) is 4.54. The second-order valence-electron chi connectivity index (χ2n) is 5.94. The fourth-order valence-corrected chi connectivity index (χ4v) is 3.09. The van der Waals surface area contributed by atoms with Crippen LogP contribution >= 0.6 is 0 Å². The zero-order valence-corrected chi connectivity index (χ0v) is 13.0. The van der Waals surface area contributed by atoms with E-state index in [-0.39, 0.29) is 36.6 Å². The lowest BCUT2D eigenvalue weighted by molar-refractivity contribution is -0.136. The van der Waals surface area contributed by atoms with E-state index in [4.69, 9.17) is 0 Å². The molecule has 0 aromatic heterocycles. The first kappa shape index (κ1) is 15.6. The van der Waals surface area contributed by atoms with Crippen molar-refractivity contribution in [1.29, 1.82) is 0 Å². The fourth-order valence-electron chi connectivity index (χ4n) is 3.09. The first-order valence-electron chi connectivity index (χ1n) is 7.56. The maximum atomic E-state index is 14.2. The molecule has 3 amide bonds. The second kappa shape index (κ2) is 5.73. The molecule has 1 fully saturated rings. The Kier molecular flexibility index (Phi) is 3.89. The number of halogens is 1. The molecule has 2 N–H and O–H groups in total. The summed E-state index contributed by atoms with van der Waals surface area (Å²) in [6.45, 7) is 1.99. The lowest BCUT2D eigenvalue weighted by Gasteiger charge is -2.29. The summed E-state index contributed by atoms with van der Waals surface area (Å²) in [5.41, 5.74) is 1.42. The van der Waals surface area contributed by atoms with Crippen molar-refractivity contribution in [3.63, 3.8) is 0 Å². The van der Waals surface area contributed by atoms with Gasteiger partial charge in [0.2, 0.25) is 11.8 Å². The van der Waals surface area contributed by atoms with Crippen molar-refractivity contribution in [2.75, 3.05) is 7.05 Å². The number of imide groups is 1. The smallest absolute Gasteiger partial charge is 0.255 e. The van der Waals surface area contributed by atoms with Crippen LogP contribution in [-0.4, -0.2) is 35.7 Å². The third kappa shape index (κ3) is 2.61. The van der Waals surface area contributed by atoms with Crippen LogP contribution in [0.1, 0.15) is 47.3 Å². The van der Waals surface area contributed by atoms with E-state index < -0.39 is 11.9 Å². The van der Waals surface area contributed by atoms with E-state index in [0.717, 1.165) is 0 Å². The van der Waals surface area contributed by atoms with Crippen molar-refractivity contribution in [3.05, 3.63) is 34.6 Å². The molecular weight excluding hydrogens is 301 g/mol. The number of amides is 3. The van der Waals surface area contributed by atoms with Crippen LogP contribution in [0.3, 0.4) is 0 Å². The Bertz CT molecular complexity index is 704. The number of carbonyl (C=O) groups excluding carboxylic acids is 3. The number of nitrogens with one attached hydrogen (secondary N) is 2.